The van der Waals surface area contributed by atoms with E-state index in [9.17, 15) is 12.8 Å². The lowest BCUT2D eigenvalue weighted by molar-refractivity contribution is 0.371. The Bertz CT molecular complexity index is 785. The summed E-state index contributed by atoms with van der Waals surface area (Å²) in [4.78, 5) is 0.303. The molecule has 3 rings (SSSR count). The second-order valence-corrected chi connectivity index (χ2v) is 8.26. The van der Waals surface area contributed by atoms with Crippen LogP contribution < -0.4 is 4.72 Å². The third kappa shape index (κ3) is 4.02. The average Bonchev–Trinajstić information content (AvgIpc) is 2.56. The van der Waals surface area contributed by atoms with Crippen LogP contribution in [0.25, 0.3) is 0 Å². The van der Waals surface area contributed by atoms with Crippen molar-refractivity contribution in [1.82, 2.24) is 4.72 Å². The molecule has 0 aliphatic heterocycles. The highest BCUT2D eigenvalue weighted by atomic mass is 32.2. The third-order valence-corrected chi connectivity index (χ3v) is 6.21. The zero-order valence-corrected chi connectivity index (χ0v) is 14.5. The minimum atomic E-state index is -3.50. The van der Waals surface area contributed by atoms with Crippen molar-refractivity contribution in [3.63, 3.8) is 0 Å². The number of hydrogen-bond acceptors (Lipinski definition) is 2. The first kappa shape index (κ1) is 17.1. The van der Waals surface area contributed by atoms with Gasteiger partial charge in [-0.25, -0.2) is 17.5 Å². The molecular weight excluding hydrogens is 325 g/mol. The van der Waals surface area contributed by atoms with Crippen molar-refractivity contribution in [1.29, 1.82) is 0 Å². The molecule has 1 aliphatic rings. The van der Waals surface area contributed by atoms with Gasteiger partial charge in [-0.1, -0.05) is 36.2 Å². The summed E-state index contributed by atoms with van der Waals surface area (Å²) in [6, 6.07) is 13.3. The number of benzene rings is 2. The van der Waals surface area contributed by atoms with Gasteiger partial charge in [-0.3, -0.25) is 0 Å². The number of hydrogen-bond donors (Lipinski definition) is 1. The highest BCUT2D eigenvalue weighted by molar-refractivity contribution is 7.89. The Morgan fingerprint density at radius 3 is 2.33 bits per heavy atom. The summed E-state index contributed by atoms with van der Waals surface area (Å²) >= 11 is 0. The van der Waals surface area contributed by atoms with Crippen LogP contribution in [0, 0.1) is 12.7 Å². The largest absolute Gasteiger partial charge is 0.240 e. The van der Waals surface area contributed by atoms with Gasteiger partial charge in [0.2, 0.25) is 10.0 Å². The minimum absolute atomic E-state index is 0.0832. The van der Waals surface area contributed by atoms with E-state index in [1.807, 2.05) is 6.92 Å². The zero-order valence-electron chi connectivity index (χ0n) is 13.7. The van der Waals surface area contributed by atoms with Crippen molar-refractivity contribution >= 4 is 10.0 Å². The SMILES string of the molecule is Cc1ccc(S(=O)(=O)N[C@H]2CCC[C@H](c3ccc(F)cc3)C2)cc1. The molecule has 0 spiro atoms. The fraction of sp³-hybridized carbons (Fsp3) is 0.368. The summed E-state index contributed by atoms with van der Waals surface area (Å²) < 4.78 is 41.0. The van der Waals surface area contributed by atoms with Crippen LogP contribution in [0.2, 0.25) is 0 Å². The molecular formula is C19H22FNO2S. The van der Waals surface area contributed by atoms with Crippen LogP contribution in [0.1, 0.15) is 42.7 Å². The summed E-state index contributed by atoms with van der Waals surface area (Å²) in [6.45, 7) is 1.93. The highest BCUT2D eigenvalue weighted by Crippen LogP contribution is 2.33. The van der Waals surface area contributed by atoms with Gasteiger partial charge < -0.3 is 0 Å². The summed E-state index contributed by atoms with van der Waals surface area (Å²) in [5.74, 6) is 0.0243. The lowest BCUT2D eigenvalue weighted by atomic mass is 9.82. The molecule has 1 fully saturated rings. The monoisotopic (exact) mass is 347 g/mol. The third-order valence-electron chi connectivity index (χ3n) is 4.67. The Morgan fingerprint density at radius 1 is 1.00 bits per heavy atom. The maximum Gasteiger partial charge on any atom is 0.240 e. The summed E-state index contributed by atoms with van der Waals surface area (Å²) in [6.07, 6.45) is 3.55. The van der Waals surface area contributed by atoms with Crippen LogP contribution in [0.5, 0.6) is 0 Å². The standard InChI is InChI=1S/C19H22FNO2S/c1-14-5-11-19(12-6-14)24(22,23)21-18-4-2-3-16(13-18)15-7-9-17(20)10-8-15/h5-12,16,18,21H,2-4,13H2,1H3/t16-,18-/m0/s1. The Kier molecular flexibility index (Phi) is 5.01. The lowest BCUT2D eigenvalue weighted by Crippen LogP contribution is -2.37. The molecule has 0 amide bonds. The quantitative estimate of drug-likeness (QED) is 0.903. The van der Waals surface area contributed by atoms with Gasteiger partial charge in [0.1, 0.15) is 5.82 Å². The normalized spacial score (nSPS) is 21.6. The van der Waals surface area contributed by atoms with Gasteiger partial charge >= 0.3 is 0 Å². The first-order chi connectivity index (χ1) is 11.4. The minimum Gasteiger partial charge on any atom is -0.208 e. The Hall–Kier alpha value is -1.72. The van der Waals surface area contributed by atoms with Crippen LogP contribution in [0.3, 0.4) is 0 Å². The van der Waals surface area contributed by atoms with Gasteiger partial charge in [0, 0.05) is 6.04 Å². The molecule has 2 atom stereocenters. The molecule has 0 heterocycles. The molecule has 24 heavy (non-hydrogen) atoms. The fourth-order valence-electron chi connectivity index (χ4n) is 3.34. The van der Waals surface area contributed by atoms with E-state index >= 15 is 0 Å². The van der Waals surface area contributed by atoms with E-state index in [1.54, 1.807) is 36.4 Å². The molecule has 0 bridgehead atoms. The van der Waals surface area contributed by atoms with Gasteiger partial charge in [0.15, 0.2) is 0 Å². The molecule has 1 aliphatic carbocycles. The van der Waals surface area contributed by atoms with Crippen molar-refractivity contribution in [3.05, 3.63) is 65.5 Å². The average molecular weight is 347 g/mol. The summed E-state index contributed by atoms with van der Waals surface area (Å²) in [5, 5.41) is 0. The van der Waals surface area contributed by atoms with E-state index in [0.717, 1.165) is 36.8 Å². The van der Waals surface area contributed by atoms with E-state index in [1.165, 1.54) is 12.1 Å². The molecule has 2 aromatic carbocycles. The molecule has 2 aromatic rings. The molecule has 5 heteroatoms. The van der Waals surface area contributed by atoms with Gasteiger partial charge in [-0.15, -0.1) is 0 Å². The Morgan fingerprint density at radius 2 is 1.67 bits per heavy atom. The summed E-state index contributed by atoms with van der Waals surface area (Å²) in [5.41, 5.74) is 2.11. The van der Waals surface area contributed by atoms with Gasteiger partial charge in [0.25, 0.3) is 0 Å². The molecule has 1 N–H and O–H groups in total. The maximum atomic E-state index is 13.1. The van der Waals surface area contributed by atoms with Crippen molar-refractivity contribution < 1.29 is 12.8 Å². The number of aryl methyl sites for hydroxylation is 1. The maximum absolute atomic E-state index is 13.1. The van der Waals surface area contributed by atoms with E-state index in [4.69, 9.17) is 0 Å². The number of nitrogens with one attached hydrogen (secondary N) is 1. The molecule has 1 saturated carbocycles. The molecule has 3 nitrogen and oxygen atoms in total. The molecule has 0 saturated heterocycles. The molecule has 0 radical (unpaired) electrons. The predicted molar refractivity (Wildman–Crippen MR) is 92.9 cm³/mol. The molecule has 128 valence electrons. The Balaban J connectivity index is 1.70. The number of rotatable bonds is 4. The fourth-order valence-corrected chi connectivity index (χ4v) is 4.62. The van der Waals surface area contributed by atoms with Gasteiger partial charge in [-0.2, -0.15) is 0 Å². The second-order valence-electron chi connectivity index (χ2n) is 6.55. The Labute approximate surface area is 143 Å². The first-order valence-electron chi connectivity index (χ1n) is 8.28. The van der Waals surface area contributed by atoms with Crippen molar-refractivity contribution in [2.45, 2.75) is 49.5 Å². The molecule has 0 unspecified atom stereocenters. The zero-order chi connectivity index (χ0) is 17.2. The second kappa shape index (κ2) is 7.03. The first-order valence-corrected chi connectivity index (χ1v) is 9.77. The molecule has 0 aromatic heterocycles. The topological polar surface area (TPSA) is 46.2 Å². The van der Waals surface area contributed by atoms with Crippen molar-refractivity contribution in [2.24, 2.45) is 0 Å². The summed E-state index contributed by atoms with van der Waals surface area (Å²) in [7, 11) is -3.50. The van der Waals surface area contributed by atoms with Crippen LogP contribution in [0.15, 0.2) is 53.4 Å². The van der Waals surface area contributed by atoms with Gasteiger partial charge in [-0.05, 0) is 61.9 Å². The van der Waals surface area contributed by atoms with E-state index < -0.39 is 10.0 Å². The van der Waals surface area contributed by atoms with Crippen LogP contribution >= 0.6 is 0 Å². The van der Waals surface area contributed by atoms with E-state index in [-0.39, 0.29) is 17.8 Å². The highest BCUT2D eigenvalue weighted by Gasteiger charge is 2.27. The smallest absolute Gasteiger partial charge is 0.208 e. The van der Waals surface area contributed by atoms with Gasteiger partial charge in [0.05, 0.1) is 4.90 Å². The van der Waals surface area contributed by atoms with Crippen LogP contribution in [-0.4, -0.2) is 14.5 Å². The lowest BCUT2D eigenvalue weighted by Gasteiger charge is -2.30. The number of sulfonamides is 1. The number of halogens is 1. The van der Waals surface area contributed by atoms with Crippen molar-refractivity contribution in [2.75, 3.05) is 0 Å². The van der Waals surface area contributed by atoms with E-state index in [0.29, 0.717) is 4.90 Å². The predicted octanol–water partition coefficient (Wildman–Crippen LogP) is 4.14. The van der Waals surface area contributed by atoms with Crippen LogP contribution in [-0.2, 0) is 10.0 Å². The van der Waals surface area contributed by atoms with E-state index in [2.05, 4.69) is 4.72 Å². The van der Waals surface area contributed by atoms with Crippen LogP contribution in [0.4, 0.5) is 4.39 Å². The van der Waals surface area contributed by atoms with Crippen molar-refractivity contribution in [3.8, 4) is 0 Å².